The Labute approximate surface area is 235 Å². The summed E-state index contributed by atoms with van der Waals surface area (Å²) >= 11 is 0. The predicted molar refractivity (Wildman–Crippen MR) is 171 cm³/mol. The molecular weight excluding hydrogens is 484 g/mol. The molecule has 0 fully saturated rings. The molecule has 192 valence electrons. The molecule has 0 heterocycles. The van der Waals surface area contributed by atoms with Gasteiger partial charge in [-0.1, -0.05) is 109 Å². The van der Waals surface area contributed by atoms with Crippen molar-refractivity contribution >= 4 is 44.3 Å². The van der Waals surface area contributed by atoms with E-state index in [0.717, 1.165) is 33.9 Å². The molecule has 0 amide bonds. The van der Waals surface area contributed by atoms with Gasteiger partial charge in [0.15, 0.2) is 0 Å². The third kappa shape index (κ3) is 3.79. The van der Waals surface area contributed by atoms with E-state index in [1.165, 1.54) is 54.9 Å². The molecule has 40 heavy (non-hydrogen) atoms. The topological polar surface area (TPSA) is 24.7 Å². The number of fused-ring (bicyclic) bond motifs is 1. The Kier molecular flexibility index (Phi) is 5.71. The number of aliphatic imine (C=N–C) groups is 2. The highest BCUT2D eigenvalue weighted by atomic mass is 14.8. The van der Waals surface area contributed by atoms with Gasteiger partial charge in [-0.25, -0.2) is 9.98 Å². The summed E-state index contributed by atoms with van der Waals surface area (Å²) in [5.41, 5.74) is 13.3. The second-order valence-electron chi connectivity index (χ2n) is 10.8. The van der Waals surface area contributed by atoms with Crippen LogP contribution >= 0.6 is 0 Å². The molecule has 0 aliphatic heterocycles. The van der Waals surface area contributed by atoms with E-state index in [4.69, 9.17) is 9.98 Å². The number of hydrogen-bond donors (Lipinski definition) is 0. The second kappa shape index (κ2) is 9.43. The molecule has 1 aliphatic rings. The van der Waals surface area contributed by atoms with Crippen molar-refractivity contribution in [2.75, 3.05) is 0 Å². The van der Waals surface area contributed by atoms with Gasteiger partial charge in [0.05, 0.1) is 22.8 Å². The molecule has 0 bridgehead atoms. The number of aryl methyl sites for hydroxylation is 4. The third-order valence-corrected chi connectivity index (χ3v) is 8.18. The molecule has 2 heteroatoms. The van der Waals surface area contributed by atoms with Gasteiger partial charge in [0, 0.05) is 16.5 Å². The van der Waals surface area contributed by atoms with Gasteiger partial charge >= 0.3 is 0 Å². The summed E-state index contributed by atoms with van der Waals surface area (Å²) in [4.78, 5) is 10.7. The van der Waals surface area contributed by atoms with Crippen LogP contribution in [0, 0.1) is 27.7 Å². The molecule has 0 spiro atoms. The van der Waals surface area contributed by atoms with Crippen LogP contribution in [0.25, 0.3) is 32.7 Å². The SMILES string of the molecule is Cc1cccc(C)c1N=C1C(=Nc2c(C)cccc2C)c2ccc(-c3cccc4ccccc34)c3cccc1c23. The van der Waals surface area contributed by atoms with Crippen LogP contribution in [0.2, 0.25) is 0 Å². The Morgan fingerprint density at radius 2 is 0.800 bits per heavy atom. The molecule has 0 saturated carbocycles. The van der Waals surface area contributed by atoms with Gasteiger partial charge in [0.25, 0.3) is 0 Å². The highest BCUT2D eigenvalue weighted by molar-refractivity contribution is 6.61. The van der Waals surface area contributed by atoms with Gasteiger partial charge < -0.3 is 0 Å². The lowest BCUT2D eigenvalue weighted by atomic mass is 9.92. The minimum absolute atomic E-state index is 0.940. The number of rotatable bonds is 3. The Bertz CT molecular complexity index is 1920. The molecule has 1 aliphatic carbocycles. The van der Waals surface area contributed by atoms with E-state index in [1.807, 2.05) is 0 Å². The Morgan fingerprint density at radius 3 is 1.45 bits per heavy atom. The van der Waals surface area contributed by atoms with Crippen LogP contribution in [0.4, 0.5) is 11.4 Å². The first-order valence-electron chi connectivity index (χ1n) is 13.9. The van der Waals surface area contributed by atoms with Crippen LogP contribution in [-0.4, -0.2) is 11.4 Å². The molecule has 0 radical (unpaired) electrons. The zero-order valence-corrected chi connectivity index (χ0v) is 23.3. The van der Waals surface area contributed by atoms with Crippen LogP contribution in [0.5, 0.6) is 0 Å². The zero-order chi connectivity index (χ0) is 27.4. The number of nitrogens with zero attached hydrogens (tertiary/aromatic N) is 2. The smallest absolute Gasteiger partial charge is 0.0979 e. The first-order chi connectivity index (χ1) is 19.5. The van der Waals surface area contributed by atoms with Crippen molar-refractivity contribution in [2.45, 2.75) is 27.7 Å². The predicted octanol–water partition coefficient (Wildman–Crippen LogP) is 10.1. The van der Waals surface area contributed by atoms with Crippen molar-refractivity contribution in [1.29, 1.82) is 0 Å². The first kappa shape index (κ1) is 24.2. The van der Waals surface area contributed by atoms with Crippen molar-refractivity contribution in [2.24, 2.45) is 9.98 Å². The summed E-state index contributed by atoms with van der Waals surface area (Å²) in [7, 11) is 0. The van der Waals surface area contributed by atoms with E-state index in [9.17, 15) is 0 Å². The fraction of sp³-hybridized carbons (Fsp3) is 0.105. The highest BCUT2D eigenvalue weighted by Gasteiger charge is 2.29. The number of benzene rings is 6. The van der Waals surface area contributed by atoms with Crippen molar-refractivity contribution in [1.82, 2.24) is 0 Å². The molecule has 0 atom stereocenters. The molecule has 0 saturated heterocycles. The van der Waals surface area contributed by atoms with E-state index in [-0.39, 0.29) is 0 Å². The molecule has 6 aromatic carbocycles. The van der Waals surface area contributed by atoms with Crippen molar-refractivity contribution in [3.8, 4) is 11.1 Å². The standard InChI is InChI=1S/C38H30N2/c1-23-11-7-12-24(2)35(23)39-37-32-20-10-19-31-30(29-18-9-16-27-15-5-6-17-28(27)29)21-22-33(34(31)32)38(37)40-36-25(3)13-8-14-26(36)4/h5-22H,1-4H3. The van der Waals surface area contributed by atoms with Crippen LogP contribution in [0.15, 0.2) is 119 Å². The van der Waals surface area contributed by atoms with Gasteiger partial charge in [-0.2, -0.15) is 0 Å². The quantitative estimate of drug-likeness (QED) is 0.224. The molecule has 6 aromatic rings. The van der Waals surface area contributed by atoms with Gasteiger partial charge in [-0.05, 0) is 77.2 Å². The largest absolute Gasteiger partial charge is 0.246 e. The second-order valence-corrected chi connectivity index (χ2v) is 10.8. The number of hydrogen-bond acceptors (Lipinski definition) is 2. The normalized spacial score (nSPS) is 14.6. The highest BCUT2D eigenvalue weighted by Crippen LogP contribution is 2.41. The third-order valence-electron chi connectivity index (χ3n) is 8.18. The van der Waals surface area contributed by atoms with E-state index >= 15 is 0 Å². The van der Waals surface area contributed by atoms with Crippen LogP contribution in [0.1, 0.15) is 33.4 Å². The summed E-state index contributed by atoms with van der Waals surface area (Å²) in [6.45, 7) is 8.54. The summed E-state index contributed by atoms with van der Waals surface area (Å²) in [6.07, 6.45) is 0. The van der Waals surface area contributed by atoms with Crippen LogP contribution < -0.4 is 0 Å². The molecule has 0 unspecified atom stereocenters. The van der Waals surface area contributed by atoms with Crippen molar-refractivity contribution in [3.63, 3.8) is 0 Å². The fourth-order valence-electron chi connectivity index (χ4n) is 6.17. The van der Waals surface area contributed by atoms with E-state index in [0.29, 0.717) is 0 Å². The van der Waals surface area contributed by atoms with E-state index in [2.05, 4.69) is 137 Å². The maximum atomic E-state index is 5.37. The lowest BCUT2D eigenvalue weighted by molar-refractivity contribution is 1.32. The molecular formula is C38H30N2. The fourth-order valence-corrected chi connectivity index (χ4v) is 6.17. The summed E-state index contributed by atoms with van der Waals surface area (Å²) in [6, 6.07) is 39.1. The van der Waals surface area contributed by atoms with Gasteiger partial charge in [-0.15, -0.1) is 0 Å². The minimum Gasteiger partial charge on any atom is -0.246 e. The molecule has 7 rings (SSSR count). The van der Waals surface area contributed by atoms with Gasteiger partial charge in [-0.3, -0.25) is 0 Å². The molecule has 0 aromatic heterocycles. The Balaban J connectivity index is 1.56. The van der Waals surface area contributed by atoms with Crippen molar-refractivity contribution < 1.29 is 0 Å². The van der Waals surface area contributed by atoms with Crippen LogP contribution in [0.3, 0.4) is 0 Å². The Hall–Kier alpha value is -4.82. The summed E-state index contributed by atoms with van der Waals surface area (Å²) in [5, 5.41) is 4.96. The minimum atomic E-state index is 0.940. The maximum absolute atomic E-state index is 5.37. The lowest BCUT2D eigenvalue weighted by Gasteiger charge is -2.12. The zero-order valence-electron chi connectivity index (χ0n) is 23.3. The van der Waals surface area contributed by atoms with Crippen molar-refractivity contribution in [3.05, 3.63) is 143 Å². The van der Waals surface area contributed by atoms with E-state index in [1.54, 1.807) is 0 Å². The van der Waals surface area contributed by atoms with Gasteiger partial charge in [0.1, 0.15) is 0 Å². The van der Waals surface area contributed by atoms with Gasteiger partial charge in [0.2, 0.25) is 0 Å². The lowest BCUT2D eigenvalue weighted by Crippen LogP contribution is -2.10. The first-order valence-corrected chi connectivity index (χ1v) is 13.9. The number of para-hydroxylation sites is 2. The van der Waals surface area contributed by atoms with E-state index < -0.39 is 0 Å². The monoisotopic (exact) mass is 514 g/mol. The Morgan fingerprint density at radius 1 is 0.375 bits per heavy atom. The molecule has 2 nitrogen and oxygen atoms in total. The molecule has 0 N–H and O–H groups in total. The maximum Gasteiger partial charge on any atom is 0.0979 e. The summed E-state index contributed by atoms with van der Waals surface area (Å²) < 4.78 is 0. The summed E-state index contributed by atoms with van der Waals surface area (Å²) in [5.74, 6) is 0. The average Bonchev–Trinajstić information content (AvgIpc) is 3.26. The van der Waals surface area contributed by atoms with Crippen LogP contribution in [-0.2, 0) is 0 Å². The average molecular weight is 515 g/mol.